The lowest BCUT2D eigenvalue weighted by molar-refractivity contribution is -0.122. The molecule has 0 spiro atoms. The second-order valence-corrected chi connectivity index (χ2v) is 2.37. The summed E-state index contributed by atoms with van der Waals surface area (Å²) in [5.41, 5.74) is 0. The number of hydrogen-bond acceptors (Lipinski definition) is 2. The average Bonchev–Trinajstić information content (AvgIpc) is 1.89. The minimum Gasteiger partial charge on any atom is -0.303 e. The second-order valence-electron chi connectivity index (χ2n) is 2.37. The van der Waals surface area contributed by atoms with E-state index in [9.17, 15) is 9.59 Å². The van der Waals surface area contributed by atoms with Gasteiger partial charge in [0.25, 0.3) is 0 Å². The number of hydrogen-bond donors (Lipinski definition) is 0. The number of carbonyl (C=O) groups is 2. The lowest BCUT2D eigenvalue weighted by Crippen LogP contribution is -1.97. The van der Waals surface area contributed by atoms with E-state index in [4.69, 9.17) is 0 Å². The quantitative estimate of drug-likeness (QED) is 0.321. The van der Waals surface area contributed by atoms with Gasteiger partial charge in [0.2, 0.25) is 0 Å². The number of rotatable bonds is 6. The first-order chi connectivity index (χ1) is 4.81. The van der Waals surface area contributed by atoms with E-state index in [0.29, 0.717) is 12.7 Å². The largest absolute Gasteiger partial charge is 0.303 e. The van der Waals surface area contributed by atoms with Crippen molar-refractivity contribution >= 4 is 12.1 Å². The highest BCUT2D eigenvalue weighted by Crippen LogP contribution is 2.00. The molecule has 0 bridgehead atoms. The number of ketones is 1. The van der Waals surface area contributed by atoms with Gasteiger partial charge in [-0.05, 0) is 6.42 Å². The maximum Gasteiger partial charge on any atom is 0.139 e. The van der Waals surface area contributed by atoms with E-state index in [2.05, 4.69) is 6.92 Å². The minimum atomic E-state index is 0.0726. The van der Waals surface area contributed by atoms with Crippen LogP contribution in [-0.4, -0.2) is 12.1 Å². The summed E-state index contributed by atoms with van der Waals surface area (Å²) >= 11 is 0. The van der Waals surface area contributed by atoms with Crippen molar-refractivity contribution in [2.45, 2.75) is 39.0 Å². The van der Waals surface area contributed by atoms with Gasteiger partial charge in [-0.3, -0.25) is 4.79 Å². The monoisotopic (exact) mass is 142 g/mol. The highest BCUT2D eigenvalue weighted by atomic mass is 16.1. The van der Waals surface area contributed by atoms with Crippen LogP contribution in [0.15, 0.2) is 0 Å². The van der Waals surface area contributed by atoms with Gasteiger partial charge in [0, 0.05) is 6.42 Å². The Labute approximate surface area is 61.6 Å². The van der Waals surface area contributed by atoms with E-state index >= 15 is 0 Å². The maximum atomic E-state index is 10.7. The molecule has 2 heteroatoms. The van der Waals surface area contributed by atoms with Crippen LogP contribution in [0.1, 0.15) is 39.0 Å². The molecule has 0 heterocycles. The van der Waals surface area contributed by atoms with Crippen molar-refractivity contribution in [1.29, 1.82) is 0 Å². The summed E-state index contributed by atoms with van der Waals surface area (Å²) < 4.78 is 0. The third-order valence-electron chi connectivity index (χ3n) is 1.37. The zero-order valence-electron chi connectivity index (χ0n) is 6.43. The third-order valence-corrected chi connectivity index (χ3v) is 1.37. The molecule has 0 aromatic carbocycles. The molecular weight excluding hydrogens is 128 g/mol. The fourth-order valence-electron chi connectivity index (χ4n) is 0.767. The van der Waals surface area contributed by atoms with Gasteiger partial charge in [0.1, 0.15) is 12.1 Å². The van der Waals surface area contributed by atoms with Crippen molar-refractivity contribution in [3.63, 3.8) is 0 Å². The van der Waals surface area contributed by atoms with Crippen molar-refractivity contribution in [2.75, 3.05) is 0 Å². The normalized spacial score (nSPS) is 9.30. The number of unbranched alkanes of at least 4 members (excludes halogenated alkanes) is 2. The number of carbonyl (C=O) groups excluding carboxylic acids is 2. The van der Waals surface area contributed by atoms with E-state index < -0.39 is 0 Å². The average molecular weight is 142 g/mol. The summed E-state index contributed by atoms with van der Waals surface area (Å²) in [6.45, 7) is 2.09. The van der Waals surface area contributed by atoms with Crippen molar-refractivity contribution in [3.05, 3.63) is 0 Å². The molecule has 0 fully saturated rings. The van der Waals surface area contributed by atoms with Crippen LogP contribution in [0.3, 0.4) is 0 Å². The third kappa shape index (κ3) is 5.48. The Kier molecular flexibility index (Phi) is 6.03. The first-order valence-corrected chi connectivity index (χ1v) is 3.76. The SMILES string of the molecule is CCCCCC(=O)CC=O. The zero-order chi connectivity index (χ0) is 7.82. The Hall–Kier alpha value is -0.660. The van der Waals surface area contributed by atoms with E-state index in [1.807, 2.05) is 0 Å². The second kappa shape index (κ2) is 6.46. The molecule has 0 aliphatic rings. The molecule has 0 amide bonds. The summed E-state index contributed by atoms with van der Waals surface area (Å²) in [7, 11) is 0. The molecule has 0 N–H and O–H groups in total. The molecule has 0 aromatic heterocycles. The molecule has 0 aromatic rings. The first-order valence-electron chi connectivity index (χ1n) is 3.76. The molecule has 0 saturated carbocycles. The van der Waals surface area contributed by atoms with Crippen LogP contribution in [0.5, 0.6) is 0 Å². The standard InChI is InChI=1S/C8H14O2/c1-2-3-4-5-8(10)6-7-9/h7H,2-6H2,1H3. The number of aldehydes is 1. The molecular formula is C8H14O2. The highest BCUT2D eigenvalue weighted by Gasteiger charge is 1.98. The fraction of sp³-hybridized carbons (Fsp3) is 0.750. The van der Waals surface area contributed by atoms with Gasteiger partial charge in [0.05, 0.1) is 6.42 Å². The molecule has 10 heavy (non-hydrogen) atoms. The van der Waals surface area contributed by atoms with Crippen LogP contribution in [0.25, 0.3) is 0 Å². The predicted molar refractivity (Wildman–Crippen MR) is 39.8 cm³/mol. The topological polar surface area (TPSA) is 34.1 Å². The van der Waals surface area contributed by atoms with Crippen molar-refractivity contribution in [1.82, 2.24) is 0 Å². The Bertz CT molecular complexity index is 108. The number of Topliss-reactive ketones (excluding diaryl/α,β-unsaturated/α-hetero) is 1. The maximum absolute atomic E-state index is 10.7. The lowest BCUT2D eigenvalue weighted by atomic mass is 10.1. The predicted octanol–water partition coefficient (Wildman–Crippen LogP) is 1.72. The summed E-state index contributed by atoms with van der Waals surface area (Å²) in [4.78, 5) is 20.5. The van der Waals surface area contributed by atoms with Crippen molar-refractivity contribution in [3.8, 4) is 0 Å². The van der Waals surface area contributed by atoms with Gasteiger partial charge >= 0.3 is 0 Å². The summed E-state index contributed by atoms with van der Waals surface area (Å²) in [5.74, 6) is 0.0726. The molecule has 0 atom stereocenters. The molecule has 0 aliphatic heterocycles. The van der Waals surface area contributed by atoms with E-state index in [0.717, 1.165) is 19.3 Å². The van der Waals surface area contributed by atoms with Gasteiger partial charge in [-0.2, -0.15) is 0 Å². The Morgan fingerprint density at radius 3 is 2.60 bits per heavy atom. The minimum absolute atomic E-state index is 0.0726. The van der Waals surface area contributed by atoms with Crippen LogP contribution in [-0.2, 0) is 9.59 Å². The van der Waals surface area contributed by atoms with Crippen molar-refractivity contribution < 1.29 is 9.59 Å². The molecule has 0 radical (unpaired) electrons. The van der Waals surface area contributed by atoms with Crippen LogP contribution >= 0.6 is 0 Å². The Morgan fingerprint density at radius 2 is 2.10 bits per heavy atom. The molecule has 58 valence electrons. The Balaban J connectivity index is 3.13. The summed E-state index contributed by atoms with van der Waals surface area (Å²) in [6.07, 6.45) is 4.49. The van der Waals surface area contributed by atoms with E-state index in [1.54, 1.807) is 0 Å². The van der Waals surface area contributed by atoms with Gasteiger partial charge in [-0.15, -0.1) is 0 Å². The van der Waals surface area contributed by atoms with Crippen LogP contribution < -0.4 is 0 Å². The van der Waals surface area contributed by atoms with Gasteiger partial charge in [0.15, 0.2) is 0 Å². The lowest BCUT2D eigenvalue weighted by Gasteiger charge is -1.93. The molecule has 0 aliphatic carbocycles. The molecule has 0 rings (SSSR count). The molecule has 2 nitrogen and oxygen atoms in total. The summed E-state index contributed by atoms with van der Waals surface area (Å²) in [5, 5.41) is 0. The fourth-order valence-corrected chi connectivity index (χ4v) is 0.767. The summed E-state index contributed by atoms with van der Waals surface area (Å²) in [6, 6.07) is 0. The van der Waals surface area contributed by atoms with E-state index in [1.165, 1.54) is 0 Å². The van der Waals surface area contributed by atoms with Gasteiger partial charge < -0.3 is 4.79 Å². The smallest absolute Gasteiger partial charge is 0.139 e. The molecule has 0 unspecified atom stereocenters. The Morgan fingerprint density at radius 1 is 1.40 bits per heavy atom. The van der Waals surface area contributed by atoms with Gasteiger partial charge in [-0.25, -0.2) is 0 Å². The van der Waals surface area contributed by atoms with Crippen LogP contribution in [0, 0.1) is 0 Å². The molecule has 0 saturated heterocycles. The first kappa shape index (κ1) is 9.34. The van der Waals surface area contributed by atoms with Gasteiger partial charge in [-0.1, -0.05) is 19.8 Å². The van der Waals surface area contributed by atoms with Crippen molar-refractivity contribution in [2.24, 2.45) is 0 Å². The van der Waals surface area contributed by atoms with Crippen LogP contribution in [0.4, 0.5) is 0 Å². The van der Waals surface area contributed by atoms with E-state index in [-0.39, 0.29) is 12.2 Å². The highest BCUT2D eigenvalue weighted by molar-refractivity contribution is 5.89. The van der Waals surface area contributed by atoms with Crippen LogP contribution in [0.2, 0.25) is 0 Å². The zero-order valence-corrected chi connectivity index (χ0v) is 6.43.